The lowest BCUT2D eigenvalue weighted by molar-refractivity contribution is -0.117. The molecule has 6 heteroatoms. The first-order valence-electron chi connectivity index (χ1n) is 9.68. The van der Waals surface area contributed by atoms with Crippen LogP contribution in [-0.4, -0.2) is 18.4 Å². The fraction of sp³-hybridized carbons (Fsp3) is 0.167. The molecular weight excluding hydrogens is 380 g/mol. The van der Waals surface area contributed by atoms with Crippen LogP contribution in [-0.2, 0) is 11.3 Å². The second-order valence-electron chi connectivity index (χ2n) is 6.65. The fourth-order valence-corrected chi connectivity index (χ4v) is 2.72. The van der Waals surface area contributed by atoms with Crippen molar-refractivity contribution in [2.75, 3.05) is 6.61 Å². The van der Waals surface area contributed by atoms with Crippen molar-refractivity contribution in [2.45, 2.75) is 20.4 Å². The summed E-state index contributed by atoms with van der Waals surface area (Å²) in [7, 11) is 0. The van der Waals surface area contributed by atoms with Crippen molar-refractivity contribution in [3.05, 3.63) is 95.1 Å². The summed E-state index contributed by atoms with van der Waals surface area (Å²) in [5.41, 5.74) is 2.52. The minimum Gasteiger partial charge on any atom is -0.494 e. The first-order valence-corrected chi connectivity index (χ1v) is 9.68. The topological polar surface area (TPSA) is 80.6 Å². The second-order valence-corrected chi connectivity index (χ2v) is 6.65. The van der Waals surface area contributed by atoms with Gasteiger partial charge < -0.3 is 19.8 Å². The number of aryl methyl sites for hydroxylation is 1. The van der Waals surface area contributed by atoms with Gasteiger partial charge in [-0.05, 0) is 55.8 Å². The van der Waals surface area contributed by atoms with Crippen molar-refractivity contribution in [1.82, 2.24) is 10.6 Å². The van der Waals surface area contributed by atoms with Crippen molar-refractivity contribution in [3.63, 3.8) is 0 Å². The molecule has 6 nitrogen and oxygen atoms in total. The normalized spacial score (nSPS) is 11.1. The summed E-state index contributed by atoms with van der Waals surface area (Å²) in [4.78, 5) is 25.4. The lowest BCUT2D eigenvalue weighted by Gasteiger charge is -2.11. The van der Waals surface area contributed by atoms with E-state index in [1.54, 1.807) is 24.3 Å². The maximum atomic E-state index is 12.8. The van der Waals surface area contributed by atoms with Gasteiger partial charge in [0.2, 0.25) is 0 Å². The highest BCUT2D eigenvalue weighted by atomic mass is 16.5. The van der Waals surface area contributed by atoms with Gasteiger partial charge in [0.1, 0.15) is 17.2 Å². The van der Waals surface area contributed by atoms with Gasteiger partial charge in [0, 0.05) is 18.2 Å². The van der Waals surface area contributed by atoms with Crippen LogP contribution < -0.4 is 15.4 Å². The summed E-state index contributed by atoms with van der Waals surface area (Å²) in [5, 5.41) is 5.51. The Morgan fingerprint density at radius 2 is 1.77 bits per heavy atom. The average Bonchev–Trinajstić information content (AvgIpc) is 3.26. The number of nitrogens with one attached hydrogen (secondary N) is 2. The molecule has 2 amide bonds. The maximum absolute atomic E-state index is 12.8. The quantitative estimate of drug-likeness (QED) is 0.555. The zero-order valence-corrected chi connectivity index (χ0v) is 17.0. The van der Waals surface area contributed by atoms with Crippen LogP contribution in [0.25, 0.3) is 6.08 Å². The molecule has 1 heterocycles. The third-order valence-electron chi connectivity index (χ3n) is 4.32. The molecule has 0 fully saturated rings. The van der Waals surface area contributed by atoms with Gasteiger partial charge >= 0.3 is 0 Å². The predicted molar refractivity (Wildman–Crippen MR) is 115 cm³/mol. The monoisotopic (exact) mass is 404 g/mol. The highest BCUT2D eigenvalue weighted by Gasteiger charge is 2.15. The molecule has 0 saturated carbocycles. The van der Waals surface area contributed by atoms with Crippen LogP contribution in [0.2, 0.25) is 0 Å². The largest absolute Gasteiger partial charge is 0.494 e. The zero-order chi connectivity index (χ0) is 21.3. The van der Waals surface area contributed by atoms with Crippen molar-refractivity contribution < 1.29 is 18.7 Å². The minimum absolute atomic E-state index is 0.0986. The van der Waals surface area contributed by atoms with E-state index in [9.17, 15) is 9.59 Å². The number of amides is 2. The molecule has 3 aromatic rings. The summed E-state index contributed by atoms with van der Waals surface area (Å²) < 4.78 is 10.7. The first-order chi connectivity index (χ1) is 14.5. The summed E-state index contributed by atoms with van der Waals surface area (Å²) in [6.07, 6.45) is 3.00. The molecule has 0 aliphatic carbocycles. The van der Waals surface area contributed by atoms with Gasteiger partial charge in [-0.25, -0.2) is 0 Å². The molecule has 0 aliphatic rings. The zero-order valence-electron chi connectivity index (χ0n) is 17.0. The molecule has 0 bridgehead atoms. The Kier molecular flexibility index (Phi) is 7.05. The van der Waals surface area contributed by atoms with Gasteiger partial charge in [0.15, 0.2) is 0 Å². The van der Waals surface area contributed by atoms with Crippen LogP contribution in [0.3, 0.4) is 0 Å². The van der Waals surface area contributed by atoms with Gasteiger partial charge in [-0.15, -0.1) is 0 Å². The molecule has 154 valence electrons. The van der Waals surface area contributed by atoms with Crippen LogP contribution >= 0.6 is 0 Å². The van der Waals surface area contributed by atoms with E-state index < -0.39 is 5.91 Å². The van der Waals surface area contributed by atoms with E-state index >= 15 is 0 Å². The average molecular weight is 404 g/mol. The summed E-state index contributed by atoms with van der Waals surface area (Å²) >= 11 is 0. The Hall–Kier alpha value is -3.80. The van der Waals surface area contributed by atoms with Crippen LogP contribution in [0.4, 0.5) is 0 Å². The van der Waals surface area contributed by atoms with Gasteiger partial charge in [0.05, 0.1) is 12.9 Å². The highest BCUT2D eigenvalue weighted by Crippen LogP contribution is 2.13. The van der Waals surface area contributed by atoms with Crippen LogP contribution in [0, 0.1) is 6.92 Å². The summed E-state index contributed by atoms with van der Waals surface area (Å²) in [6, 6.07) is 18.0. The lowest BCUT2D eigenvalue weighted by atomic mass is 10.1. The van der Waals surface area contributed by atoms with E-state index in [1.165, 1.54) is 12.3 Å². The van der Waals surface area contributed by atoms with Crippen molar-refractivity contribution in [1.29, 1.82) is 0 Å². The Morgan fingerprint density at radius 1 is 1.03 bits per heavy atom. The number of rotatable bonds is 8. The lowest BCUT2D eigenvalue weighted by Crippen LogP contribution is -2.34. The number of hydrogen-bond donors (Lipinski definition) is 2. The van der Waals surface area contributed by atoms with E-state index in [4.69, 9.17) is 9.15 Å². The van der Waals surface area contributed by atoms with Crippen molar-refractivity contribution in [2.24, 2.45) is 0 Å². The molecular formula is C24H24N2O4. The number of benzene rings is 2. The number of ether oxygens (including phenoxy) is 1. The van der Waals surface area contributed by atoms with E-state index in [-0.39, 0.29) is 11.6 Å². The minimum atomic E-state index is -0.416. The first kappa shape index (κ1) is 20.9. The Balaban J connectivity index is 1.70. The molecule has 2 aromatic carbocycles. The summed E-state index contributed by atoms with van der Waals surface area (Å²) in [5.74, 6) is 0.450. The predicted octanol–water partition coefficient (Wildman–Crippen LogP) is 4.07. The van der Waals surface area contributed by atoms with Crippen LogP contribution in [0.1, 0.15) is 34.2 Å². The second kappa shape index (κ2) is 10.1. The molecule has 30 heavy (non-hydrogen) atoms. The Morgan fingerprint density at radius 3 is 2.40 bits per heavy atom. The van der Waals surface area contributed by atoms with Gasteiger partial charge in [-0.1, -0.05) is 29.8 Å². The SMILES string of the molecule is CCOc1ccc(CNC(=O)/C(=C/c2ccco2)NC(=O)c2ccc(C)cc2)cc1. The Labute approximate surface area is 175 Å². The van der Waals surface area contributed by atoms with Crippen molar-refractivity contribution >= 4 is 17.9 Å². The van der Waals surface area contributed by atoms with Gasteiger partial charge in [0.25, 0.3) is 11.8 Å². The number of carbonyl (C=O) groups excluding carboxylic acids is 2. The van der Waals surface area contributed by atoms with E-state index in [1.807, 2.05) is 50.2 Å². The number of carbonyl (C=O) groups is 2. The Bertz CT molecular complexity index is 1000. The highest BCUT2D eigenvalue weighted by molar-refractivity contribution is 6.05. The molecule has 3 rings (SSSR count). The van der Waals surface area contributed by atoms with Crippen molar-refractivity contribution in [3.8, 4) is 5.75 Å². The smallest absolute Gasteiger partial charge is 0.268 e. The maximum Gasteiger partial charge on any atom is 0.268 e. The van der Waals surface area contributed by atoms with Gasteiger partial charge in [-0.3, -0.25) is 9.59 Å². The third-order valence-corrected chi connectivity index (χ3v) is 4.32. The molecule has 0 radical (unpaired) electrons. The molecule has 0 saturated heterocycles. The molecule has 2 N–H and O–H groups in total. The van der Waals surface area contributed by atoms with E-state index in [2.05, 4.69) is 10.6 Å². The number of hydrogen-bond acceptors (Lipinski definition) is 4. The molecule has 1 aromatic heterocycles. The van der Waals surface area contributed by atoms with E-state index in [0.29, 0.717) is 24.5 Å². The molecule has 0 spiro atoms. The molecule has 0 aliphatic heterocycles. The van der Waals surface area contributed by atoms with Crippen LogP contribution in [0.15, 0.2) is 77.0 Å². The van der Waals surface area contributed by atoms with E-state index in [0.717, 1.165) is 16.9 Å². The fourth-order valence-electron chi connectivity index (χ4n) is 2.72. The number of furan rings is 1. The molecule has 0 unspecified atom stereocenters. The summed E-state index contributed by atoms with van der Waals surface area (Å²) in [6.45, 7) is 4.77. The van der Waals surface area contributed by atoms with Gasteiger partial charge in [-0.2, -0.15) is 0 Å². The molecule has 0 atom stereocenters. The third kappa shape index (κ3) is 5.85. The van der Waals surface area contributed by atoms with Crippen LogP contribution in [0.5, 0.6) is 5.75 Å². The standard InChI is InChI=1S/C24H24N2O4/c1-3-29-20-12-8-18(9-13-20)16-25-24(28)22(15-21-5-4-14-30-21)26-23(27)19-10-6-17(2)7-11-19/h4-15H,3,16H2,1-2H3,(H,25,28)(H,26,27)/b22-15-.